The molecule has 0 amide bonds. The normalized spacial score (nSPS) is 11.4. The molecular weight excluding hydrogens is 276 g/mol. The van der Waals surface area contributed by atoms with Gasteiger partial charge in [0.05, 0.1) is 17.9 Å². The number of hydrogen-bond acceptors (Lipinski definition) is 3. The van der Waals surface area contributed by atoms with Crippen molar-refractivity contribution in [2.24, 2.45) is 0 Å². The standard InChI is InChI=1S/C19H14O3/c1-11-3-4-12-5-8-16-18(15(12)9-11)19(20)14-7-6-13(21-2)10-17(14)22-16/h3-10H,1-2H3. The molecule has 1 heterocycles. The number of aryl methyl sites for hydroxylation is 1. The zero-order valence-electron chi connectivity index (χ0n) is 12.3. The highest BCUT2D eigenvalue weighted by atomic mass is 16.5. The lowest BCUT2D eigenvalue weighted by Crippen LogP contribution is -2.03. The summed E-state index contributed by atoms with van der Waals surface area (Å²) in [5.74, 6) is 0.673. The fraction of sp³-hybridized carbons (Fsp3) is 0.105. The maximum absolute atomic E-state index is 12.9. The monoisotopic (exact) mass is 290 g/mol. The van der Waals surface area contributed by atoms with Crippen molar-refractivity contribution in [2.45, 2.75) is 6.92 Å². The van der Waals surface area contributed by atoms with Crippen LogP contribution in [0, 0.1) is 6.92 Å². The van der Waals surface area contributed by atoms with Gasteiger partial charge in [-0.3, -0.25) is 4.79 Å². The van der Waals surface area contributed by atoms with Gasteiger partial charge < -0.3 is 9.15 Å². The summed E-state index contributed by atoms with van der Waals surface area (Å²) < 4.78 is 11.1. The Balaban J connectivity index is 2.24. The molecule has 22 heavy (non-hydrogen) atoms. The van der Waals surface area contributed by atoms with Crippen LogP contribution in [0.25, 0.3) is 32.7 Å². The molecular formula is C19H14O3. The van der Waals surface area contributed by atoms with Crippen LogP contribution in [0.3, 0.4) is 0 Å². The average molecular weight is 290 g/mol. The molecule has 1 aromatic heterocycles. The Kier molecular flexibility index (Phi) is 2.70. The van der Waals surface area contributed by atoms with E-state index in [2.05, 4.69) is 0 Å². The van der Waals surface area contributed by atoms with Crippen molar-refractivity contribution in [1.29, 1.82) is 0 Å². The molecule has 0 fully saturated rings. The van der Waals surface area contributed by atoms with E-state index in [1.165, 1.54) is 0 Å². The summed E-state index contributed by atoms with van der Waals surface area (Å²) in [6.45, 7) is 2.02. The van der Waals surface area contributed by atoms with Gasteiger partial charge in [-0.05, 0) is 35.9 Å². The Hall–Kier alpha value is -2.81. The number of rotatable bonds is 1. The highest BCUT2D eigenvalue weighted by Gasteiger charge is 2.11. The molecule has 4 aromatic rings. The van der Waals surface area contributed by atoms with Gasteiger partial charge in [0.25, 0.3) is 0 Å². The Bertz CT molecular complexity index is 1090. The number of methoxy groups -OCH3 is 1. The van der Waals surface area contributed by atoms with Crippen molar-refractivity contribution < 1.29 is 9.15 Å². The molecule has 0 spiro atoms. The number of benzene rings is 3. The molecule has 4 rings (SSSR count). The highest BCUT2D eigenvalue weighted by molar-refractivity contribution is 6.08. The van der Waals surface area contributed by atoms with Crippen LogP contribution in [-0.4, -0.2) is 7.11 Å². The average Bonchev–Trinajstić information content (AvgIpc) is 2.53. The van der Waals surface area contributed by atoms with Crippen molar-refractivity contribution in [2.75, 3.05) is 7.11 Å². The van der Waals surface area contributed by atoms with Crippen LogP contribution in [0.15, 0.2) is 57.7 Å². The molecule has 108 valence electrons. The largest absolute Gasteiger partial charge is 0.497 e. The molecule has 0 bridgehead atoms. The maximum atomic E-state index is 12.9. The predicted octanol–water partition coefficient (Wildman–Crippen LogP) is 4.42. The molecule has 3 aromatic carbocycles. The van der Waals surface area contributed by atoms with Gasteiger partial charge >= 0.3 is 0 Å². The van der Waals surface area contributed by atoms with Crippen LogP contribution in [0.5, 0.6) is 5.75 Å². The Morgan fingerprint density at radius 1 is 0.909 bits per heavy atom. The van der Waals surface area contributed by atoms with Gasteiger partial charge in [0.15, 0.2) is 0 Å². The Morgan fingerprint density at radius 2 is 1.73 bits per heavy atom. The van der Waals surface area contributed by atoms with Crippen LogP contribution in [0.4, 0.5) is 0 Å². The van der Waals surface area contributed by atoms with Crippen molar-refractivity contribution in [1.82, 2.24) is 0 Å². The summed E-state index contributed by atoms with van der Waals surface area (Å²) in [5.41, 5.74) is 2.26. The molecule has 0 radical (unpaired) electrons. The van der Waals surface area contributed by atoms with Crippen molar-refractivity contribution in [3.8, 4) is 5.75 Å². The lowest BCUT2D eigenvalue weighted by atomic mass is 10.0. The number of hydrogen-bond donors (Lipinski definition) is 0. The summed E-state index contributed by atoms with van der Waals surface area (Å²) >= 11 is 0. The molecule has 3 nitrogen and oxygen atoms in total. The zero-order chi connectivity index (χ0) is 15.3. The number of fused-ring (bicyclic) bond motifs is 4. The third kappa shape index (κ3) is 1.79. The van der Waals surface area contributed by atoms with Crippen LogP contribution in [0.1, 0.15) is 5.56 Å². The molecule has 0 N–H and O–H groups in total. The molecule has 0 aliphatic carbocycles. The van der Waals surface area contributed by atoms with Gasteiger partial charge in [0, 0.05) is 6.07 Å². The Morgan fingerprint density at radius 3 is 2.55 bits per heavy atom. The second-order valence-corrected chi connectivity index (χ2v) is 5.46. The molecule has 0 saturated carbocycles. The minimum atomic E-state index is -0.00453. The fourth-order valence-electron chi connectivity index (χ4n) is 2.89. The van der Waals surface area contributed by atoms with E-state index in [0.717, 1.165) is 16.3 Å². The minimum Gasteiger partial charge on any atom is -0.497 e. The lowest BCUT2D eigenvalue weighted by molar-refractivity contribution is 0.414. The summed E-state index contributed by atoms with van der Waals surface area (Å²) in [4.78, 5) is 12.9. The summed E-state index contributed by atoms with van der Waals surface area (Å²) in [6.07, 6.45) is 0. The topological polar surface area (TPSA) is 39.4 Å². The second kappa shape index (κ2) is 4.60. The fourth-order valence-corrected chi connectivity index (χ4v) is 2.89. The van der Waals surface area contributed by atoms with Gasteiger partial charge in [0.2, 0.25) is 5.43 Å². The summed E-state index contributed by atoms with van der Waals surface area (Å²) in [5, 5.41) is 3.18. The van der Waals surface area contributed by atoms with Gasteiger partial charge in [-0.15, -0.1) is 0 Å². The molecule has 0 atom stereocenters. The highest BCUT2D eigenvalue weighted by Crippen LogP contribution is 2.28. The van der Waals surface area contributed by atoms with Crippen LogP contribution in [0.2, 0.25) is 0 Å². The van der Waals surface area contributed by atoms with E-state index < -0.39 is 0 Å². The van der Waals surface area contributed by atoms with Crippen molar-refractivity contribution in [3.05, 3.63) is 64.3 Å². The molecule has 0 aliphatic heterocycles. The van der Waals surface area contributed by atoms with Crippen LogP contribution >= 0.6 is 0 Å². The first kappa shape index (κ1) is 12.9. The summed E-state index contributed by atoms with van der Waals surface area (Å²) in [6, 6.07) is 15.2. The van der Waals surface area contributed by atoms with Crippen molar-refractivity contribution >= 4 is 32.7 Å². The van der Waals surface area contributed by atoms with E-state index in [1.54, 1.807) is 25.3 Å². The van der Waals surface area contributed by atoms with Gasteiger partial charge in [-0.2, -0.15) is 0 Å². The molecule has 3 heteroatoms. The SMILES string of the molecule is COc1ccc2c(=O)c3c(ccc4ccc(C)cc43)oc2c1. The van der Waals surface area contributed by atoms with Crippen molar-refractivity contribution in [3.63, 3.8) is 0 Å². The van der Waals surface area contributed by atoms with Gasteiger partial charge in [-0.1, -0.05) is 29.8 Å². The van der Waals surface area contributed by atoms with E-state index in [-0.39, 0.29) is 5.43 Å². The quantitative estimate of drug-likeness (QED) is 0.385. The first-order valence-corrected chi connectivity index (χ1v) is 7.11. The van der Waals surface area contributed by atoms with Crippen LogP contribution in [-0.2, 0) is 0 Å². The van der Waals surface area contributed by atoms with Gasteiger partial charge in [0.1, 0.15) is 16.9 Å². The molecule has 0 aliphatic rings. The van der Waals surface area contributed by atoms with E-state index >= 15 is 0 Å². The third-order valence-electron chi connectivity index (χ3n) is 4.02. The zero-order valence-corrected chi connectivity index (χ0v) is 12.3. The second-order valence-electron chi connectivity index (χ2n) is 5.46. The Labute approximate surface area is 126 Å². The number of ether oxygens (including phenoxy) is 1. The molecule has 0 saturated heterocycles. The maximum Gasteiger partial charge on any atom is 0.201 e. The third-order valence-corrected chi connectivity index (χ3v) is 4.02. The van der Waals surface area contributed by atoms with Crippen LogP contribution < -0.4 is 10.2 Å². The van der Waals surface area contributed by atoms with E-state index in [9.17, 15) is 4.79 Å². The first-order valence-electron chi connectivity index (χ1n) is 7.11. The van der Waals surface area contributed by atoms with E-state index in [0.29, 0.717) is 27.7 Å². The smallest absolute Gasteiger partial charge is 0.201 e. The first-order chi connectivity index (χ1) is 10.7. The van der Waals surface area contributed by atoms with E-state index in [1.807, 2.05) is 37.3 Å². The van der Waals surface area contributed by atoms with E-state index in [4.69, 9.17) is 9.15 Å². The van der Waals surface area contributed by atoms with Gasteiger partial charge in [-0.25, -0.2) is 0 Å². The molecule has 0 unspecified atom stereocenters. The summed E-state index contributed by atoms with van der Waals surface area (Å²) in [7, 11) is 1.59. The lowest BCUT2D eigenvalue weighted by Gasteiger charge is -2.07. The minimum absolute atomic E-state index is 0.00453. The predicted molar refractivity (Wildman–Crippen MR) is 88.8 cm³/mol.